The van der Waals surface area contributed by atoms with Crippen molar-refractivity contribution in [3.05, 3.63) is 65.3 Å². The Morgan fingerprint density at radius 3 is 2.65 bits per heavy atom. The van der Waals surface area contributed by atoms with Crippen LogP contribution in [0, 0.1) is 0 Å². The molecular weight excluding hydrogens is 450 g/mol. The molecule has 34 heavy (non-hydrogen) atoms. The molecule has 2 aromatic carbocycles. The van der Waals surface area contributed by atoms with Crippen LogP contribution in [0.4, 0.5) is 28.8 Å². The van der Waals surface area contributed by atoms with Gasteiger partial charge in [-0.3, -0.25) is 9.69 Å². The van der Waals surface area contributed by atoms with Crippen LogP contribution in [0.3, 0.4) is 0 Å². The van der Waals surface area contributed by atoms with Gasteiger partial charge in [0.25, 0.3) is 5.91 Å². The molecule has 3 heterocycles. The molecule has 1 fully saturated rings. The highest BCUT2D eigenvalue weighted by Gasteiger charge is 2.31. The monoisotopic (exact) mass is 477 g/mol. The van der Waals surface area contributed by atoms with E-state index >= 15 is 0 Å². The number of anilines is 5. The molecule has 0 bridgehead atoms. The highest BCUT2D eigenvalue weighted by molar-refractivity contribution is 6.34. The van der Waals surface area contributed by atoms with Gasteiger partial charge in [-0.1, -0.05) is 23.7 Å². The Hall–Kier alpha value is -3.36. The molecule has 2 aliphatic heterocycles. The number of halogens is 1. The number of para-hydroxylation sites is 1. The number of carbonyl (C=O) groups excluding carboxylic acids is 1. The predicted molar refractivity (Wildman–Crippen MR) is 138 cm³/mol. The van der Waals surface area contributed by atoms with Crippen LogP contribution in [-0.4, -0.2) is 54.8 Å². The van der Waals surface area contributed by atoms with Gasteiger partial charge in [0.2, 0.25) is 5.95 Å². The largest absolute Gasteiger partial charge is 0.366 e. The Bertz CT molecular complexity index is 1200. The van der Waals surface area contributed by atoms with Gasteiger partial charge in [-0.15, -0.1) is 0 Å². The second-order valence-electron chi connectivity index (χ2n) is 8.94. The van der Waals surface area contributed by atoms with E-state index < -0.39 is 0 Å². The van der Waals surface area contributed by atoms with Crippen molar-refractivity contribution in [2.24, 2.45) is 0 Å². The van der Waals surface area contributed by atoms with Gasteiger partial charge in [0.15, 0.2) is 0 Å². The van der Waals surface area contributed by atoms with Crippen LogP contribution < -0.4 is 25.3 Å². The summed E-state index contributed by atoms with van der Waals surface area (Å²) in [6.45, 7) is 6.74. The second-order valence-corrected chi connectivity index (χ2v) is 9.34. The van der Waals surface area contributed by atoms with Crippen LogP contribution in [0.25, 0.3) is 0 Å². The Balaban J connectivity index is 1.34. The van der Waals surface area contributed by atoms with E-state index in [9.17, 15) is 4.79 Å². The van der Waals surface area contributed by atoms with E-state index in [1.807, 2.05) is 42.3 Å². The normalized spacial score (nSPS) is 20.4. The molecule has 1 aromatic heterocycles. The van der Waals surface area contributed by atoms with Crippen LogP contribution >= 0.6 is 11.6 Å². The second kappa shape index (κ2) is 9.12. The summed E-state index contributed by atoms with van der Waals surface area (Å²) in [5.74, 6) is 0.865. The molecule has 0 saturated carbocycles. The molecule has 0 radical (unpaired) electrons. The maximum absolute atomic E-state index is 13.2. The van der Waals surface area contributed by atoms with Gasteiger partial charge in [-0.2, -0.15) is 4.98 Å². The molecule has 8 nitrogen and oxygen atoms in total. The summed E-state index contributed by atoms with van der Waals surface area (Å²) in [5.41, 5.74) is 3.20. The number of piperazine rings is 1. The minimum Gasteiger partial charge on any atom is -0.366 e. The Morgan fingerprint density at radius 2 is 1.88 bits per heavy atom. The number of nitrogens with one attached hydrogen (secondary N) is 2. The first kappa shape index (κ1) is 22.4. The Kier molecular flexibility index (Phi) is 6.02. The van der Waals surface area contributed by atoms with Gasteiger partial charge < -0.3 is 20.4 Å². The van der Waals surface area contributed by atoms with E-state index in [-0.39, 0.29) is 5.91 Å². The molecule has 2 aliphatic rings. The third-order valence-electron chi connectivity index (χ3n) is 6.32. The number of amides is 1. The first-order valence-electron chi connectivity index (χ1n) is 11.4. The highest BCUT2D eigenvalue weighted by Crippen LogP contribution is 2.32. The number of rotatable bonds is 4. The fraction of sp³-hybridized carbons (Fsp3) is 0.320. The molecule has 9 heteroatoms. The van der Waals surface area contributed by atoms with Crippen molar-refractivity contribution < 1.29 is 4.79 Å². The van der Waals surface area contributed by atoms with Crippen molar-refractivity contribution in [2.75, 3.05) is 46.8 Å². The van der Waals surface area contributed by atoms with Crippen LogP contribution in [0.5, 0.6) is 0 Å². The SMILES string of the molecule is CC1CN(c2ccc(Nc3ncc4c(n3)N(C)CN(c3ccccc3Cl)C4=O)cc2)C(C)CN1. The van der Waals surface area contributed by atoms with Gasteiger partial charge in [-0.05, 0) is 50.2 Å². The van der Waals surface area contributed by atoms with Gasteiger partial charge >= 0.3 is 0 Å². The summed E-state index contributed by atoms with van der Waals surface area (Å²) in [6.07, 6.45) is 1.57. The predicted octanol–water partition coefficient (Wildman–Crippen LogP) is 4.11. The number of nitrogens with zero attached hydrogens (tertiary/aromatic N) is 5. The van der Waals surface area contributed by atoms with Gasteiger partial charge in [0, 0.05) is 49.8 Å². The molecule has 2 atom stereocenters. The topological polar surface area (TPSA) is 76.6 Å². The molecule has 1 saturated heterocycles. The molecule has 0 aliphatic carbocycles. The molecule has 0 spiro atoms. The number of carbonyl (C=O) groups is 1. The lowest BCUT2D eigenvalue weighted by Gasteiger charge is -2.39. The van der Waals surface area contributed by atoms with Crippen LogP contribution in [0.1, 0.15) is 24.2 Å². The summed E-state index contributed by atoms with van der Waals surface area (Å²) < 4.78 is 0. The van der Waals surface area contributed by atoms with Crippen molar-refractivity contribution in [2.45, 2.75) is 25.9 Å². The lowest BCUT2D eigenvalue weighted by atomic mass is 10.1. The maximum atomic E-state index is 13.2. The summed E-state index contributed by atoms with van der Waals surface area (Å²) in [6, 6.07) is 16.5. The quantitative estimate of drug-likeness (QED) is 0.585. The van der Waals surface area contributed by atoms with Crippen molar-refractivity contribution in [3.63, 3.8) is 0 Å². The van der Waals surface area contributed by atoms with Crippen molar-refractivity contribution >= 4 is 46.3 Å². The van der Waals surface area contributed by atoms with Gasteiger partial charge in [0.05, 0.1) is 17.4 Å². The summed E-state index contributed by atoms with van der Waals surface area (Å²) in [7, 11) is 1.90. The minimum absolute atomic E-state index is 0.170. The zero-order valence-corrected chi connectivity index (χ0v) is 20.3. The van der Waals surface area contributed by atoms with Crippen molar-refractivity contribution in [3.8, 4) is 0 Å². The Labute approximate surface area is 204 Å². The first-order chi connectivity index (χ1) is 16.4. The number of benzene rings is 2. The molecule has 1 amide bonds. The summed E-state index contributed by atoms with van der Waals surface area (Å²) in [4.78, 5) is 28.2. The average molecular weight is 478 g/mol. The molecular formula is C25H28ClN7O. The van der Waals surface area contributed by atoms with Crippen molar-refractivity contribution in [1.29, 1.82) is 0 Å². The first-order valence-corrected chi connectivity index (χ1v) is 11.8. The Morgan fingerprint density at radius 1 is 1.12 bits per heavy atom. The molecule has 176 valence electrons. The van der Waals surface area contributed by atoms with E-state index in [2.05, 4.69) is 51.5 Å². The third-order valence-corrected chi connectivity index (χ3v) is 6.64. The number of fused-ring (bicyclic) bond motifs is 1. The number of aromatic nitrogens is 2. The summed E-state index contributed by atoms with van der Waals surface area (Å²) in [5, 5.41) is 7.31. The van der Waals surface area contributed by atoms with Crippen LogP contribution in [-0.2, 0) is 0 Å². The number of hydrogen-bond donors (Lipinski definition) is 2. The average Bonchev–Trinajstić information content (AvgIpc) is 2.84. The summed E-state index contributed by atoms with van der Waals surface area (Å²) >= 11 is 6.33. The smallest absolute Gasteiger partial charge is 0.265 e. The molecule has 2 unspecified atom stereocenters. The van der Waals surface area contributed by atoms with Gasteiger partial charge in [-0.25, -0.2) is 4.98 Å². The fourth-order valence-corrected chi connectivity index (χ4v) is 4.70. The van der Waals surface area contributed by atoms with Gasteiger partial charge in [0.1, 0.15) is 11.4 Å². The maximum Gasteiger partial charge on any atom is 0.265 e. The van der Waals surface area contributed by atoms with E-state index in [4.69, 9.17) is 11.6 Å². The van der Waals surface area contributed by atoms with Crippen LogP contribution in [0.2, 0.25) is 5.02 Å². The lowest BCUT2D eigenvalue weighted by molar-refractivity contribution is 0.0982. The van der Waals surface area contributed by atoms with E-state index in [1.165, 1.54) is 5.69 Å². The minimum atomic E-state index is -0.170. The zero-order chi connectivity index (χ0) is 23.8. The molecule has 5 rings (SSSR count). The molecule has 3 aromatic rings. The molecule has 2 N–H and O–H groups in total. The third kappa shape index (κ3) is 4.26. The number of hydrogen-bond acceptors (Lipinski definition) is 7. The zero-order valence-electron chi connectivity index (χ0n) is 19.5. The van der Waals surface area contributed by atoms with Crippen molar-refractivity contribution in [1.82, 2.24) is 15.3 Å². The van der Waals surface area contributed by atoms with Crippen LogP contribution in [0.15, 0.2) is 54.7 Å². The standard InChI is InChI=1S/C25H28ClN7O/c1-16-14-32(17(2)12-27-16)19-10-8-18(9-11-19)29-25-28-13-20-23(30-25)31(3)15-33(24(20)34)22-7-5-4-6-21(22)26/h4-11,13,16-17,27H,12,14-15H2,1-3H3,(H,28,29,30). The lowest BCUT2D eigenvalue weighted by Crippen LogP contribution is -2.54. The van der Waals surface area contributed by atoms with E-state index in [0.717, 1.165) is 18.8 Å². The highest BCUT2D eigenvalue weighted by atomic mass is 35.5. The van der Waals surface area contributed by atoms with E-state index in [0.29, 0.717) is 46.8 Å². The van der Waals surface area contributed by atoms with E-state index in [1.54, 1.807) is 17.2 Å². The fourth-order valence-electron chi connectivity index (χ4n) is 4.47.